The minimum Gasteiger partial charge on any atom is -0.329 e. The minimum atomic E-state index is -0.366. The van der Waals surface area contributed by atoms with Gasteiger partial charge in [0.05, 0.1) is 17.3 Å². The molecule has 0 spiro atoms. The molecule has 0 fully saturated rings. The molecule has 0 aromatic carbocycles. The molecule has 0 saturated carbocycles. The molecule has 2 amide bonds. The molecular weight excluding hydrogens is 470 g/mol. The zero-order valence-corrected chi connectivity index (χ0v) is 19.9. The summed E-state index contributed by atoms with van der Waals surface area (Å²) in [6.45, 7) is 0. The van der Waals surface area contributed by atoms with E-state index >= 15 is 0 Å². The van der Waals surface area contributed by atoms with Gasteiger partial charge in [0.2, 0.25) is 0 Å². The number of nitrogens with two attached hydrogens (primary N) is 1. The van der Waals surface area contributed by atoms with Crippen LogP contribution >= 0.6 is 0 Å². The van der Waals surface area contributed by atoms with E-state index in [0.29, 0.717) is 28.5 Å². The molecule has 0 aliphatic heterocycles. The van der Waals surface area contributed by atoms with Crippen LogP contribution in [0.15, 0.2) is 67.5 Å². The summed E-state index contributed by atoms with van der Waals surface area (Å²) >= 11 is 0. The molecule has 0 radical (unpaired) electrons. The maximum absolute atomic E-state index is 12.3. The lowest BCUT2D eigenvalue weighted by Gasteiger charge is -2.21. The number of nitrogens with one attached hydrogen (secondary N) is 2. The number of carbonyl (C=O) groups is 1. The molecule has 6 rings (SSSR count). The molecular formula is C25H21N11O. The second-order valence-electron chi connectivity index (χ2n) is 8.55. The summed E-state index contributed by atoms with van der Waals surface area (Å²) in [4.78, 5) is 39.1. The van der Waals surface area contributed by atoms with Crippen LogP contribution in [-0.2, 0) is 0 Å². The number of fused-ring (bicyclic) bond motifs is 2. The van der Waals surface area contributed by atoms with Gasteiger partial charge in [0.1, 0.15) is 11.2 Å². The lowest BCUT2D eigenvalue weighted by Crippen LogP contribution is -2.44. The van der Waals surface area contributed by atoms with Gasteiger partial charge in [-0.3, -0.25) is 15.1 Å². The van der Waals surface area contributed by atoms with E-state index < -0.39 is 0 Å². The number of H-pyrrole nitrogens is 2. The second kappa shape index (κ2) is 8.77. The SMILES string of the molecule is CN(C)C(=O)N(N)c1cncc(-c2cnc3[nH]nc(-c4nc5c(-c6ccncc6)ccnc5[nH]4)c3c2)c1. The fraction of sp³-hybridized carbons (Fsp3) is 0.0800. The quantitative estimate of drug-likeness (QED) is 0.192. The molecule has 4 N–H and O–H groups in total. The molecule has 0 saturated heterocycles. The molecule has 0 bridgehead atoms. The van der Waals surface area contributed by atoms with Crippen LogP contribution in [0.25, 0.3) is 56.0 Å². The van der Waals surface area contributed by atoms with Crippen molar-refractivity contribution in [3.63, 3.8) is 0 Å². The number of aromatic nitrogens is 8. The highest BCUT2D eigenvalue weighted by Gasteiger charge is 2.18. The van der Waals surface area contributed by atoms with Crippen LogP contribution in [0.3, 0.4) is 0 Å². The third kappa shape index (κ3) is 3.90. The molecule has 0 aliphatic carbocycles. The lowest BCUT2D eigenvalue weighted by atomic mass is 10.1. The van der Waals surface area contributed by atoms with Crippen molar-refractivity contribution in [1.82, 2.24) is 45.0 Å². The maximum Gasteiger partial charge on any atom is 0.338 e. The Morgan fingerprint density at radius 1 is 0.892 bits per heavy atom. The van der Waals surface area contributed by atoms with Gasteiger partial charge in [-0.1, -0.05) is 0 Å². The van der Waals surface area contributed by atoms with Crippen LogP contribution in [0, 0.1) is 0 Å². The second-order valence-corrected chi connectivity index (χ2v) is 8.55. The number of amides is 2. The summed E-state index contributed by atoms with van der Waals surface area (Å²) in [5.41, 5.74) is 6.50. The first-order chi connectivity index (χ1) is 18.0. The van der Waals surface area contributed by atoms with Gasteiger partial charge in [-0.05, 0) is 35.9 Å². The highest BCUT2D eigenvalue weighted by atomic mass is 16.2. The van der Waals surface area contributed by atoms with Crippen molar-refractivity contribution in [2.75, 3.05) is 19.1 Å². The van der Waals surface area contributed by atoms with Crippen molar-refractivity contribution in [1.29, 1.82) is 0 Å². The normalized spacial score (nSPS) is 11.2. The summed E-state index contributed by atoms with van der Waals surface area (Å²) in [5.74, 6) is 6.56. The lowest BCUT2D eigenvalue weighted by molar-refractivity contribution is 0.224. The smallest absolute Gasteiger partial charge is 0.329 e. The van der Waals surface area contributed by atoms with Gasteiger partial charge in [-0.15, -0.1) is 0 Å². The number of rotatable bonds is 4. The van der Waals surface area contributed by atoms with E-state index in [2.05, 4.69) is 35.1 Å². The average molecular weight is 492 g/mol. The third-order valence-corrected chi connectivity index (χ3v) is 5.94. The van der Waals surface area contributed by atoms with E-state index in [-0.39, 0.29) is 6.03 Å². The van der Waals surface area contributed by atoms with E-state index in [9.17, 15) is 4.79 Å². The number of hydrogen-bond donors (Lipinski definition) is 3. The summed E-state index contributed by atoms with van der Waals surface area (Å²) < 4.78 is 0. The monoisotopic (exact) mass is 491 g/mol. The highest BCUT2D eigenvalue weighted by molar-refractivity contribution is 5.96. The molecule has 6 aromatic rings. The summed E-state index contributed by atoms with van der Waals surface area (Å²) in [7, 11) is 3.26. The zero-order valence-electron chi connectivity index (χ0n) is 19.9. The third-order valence-electron chi connectivity index (χ3n) is 5.94. The van der Waals surface area contributed by atoms with Crippen LogP contribution in [0.2, 0.25) is 0 Å². The maximum atomic E-state index is 12.3. The van der Waals surface area contributed by atoms with Gasteiger partial charge >= 0.3 is 6.03 Å². The van der Waals surface area contributed by atoms with E-state index in [1.54, 1.807) is 51.1 Å². The number of hydrazine groups is 1. The average Bonchev–Trinajstić information content (AvgIpc) is 3.56. The predicted octanol–water partition coefficient (Wildman–Crippen LogP) is 3.38. The van der Waals surface area contributed by atoms with E-state index in [1.807, 2.05) is 24.3 Å². The molecule has 0 unspecified atom stereocenters. The summed E-state index contributed by atoms with van der Waals surface area (Å²) in [6.07, 6.45) is 10.2. The van der Waals surface area contributed by atoms with Gasteiger partial charge in [0.25, 0.3) is 0 Å². The van der Waals surface area contributed by atoms with Crippen LogP contribution in [0.5, 0.6) is 0 Å². The van der Waals surface area contributed by atoms with Crippen molar-refractivity contribution in [3.05, 3.63) is 67.5 Å². The van der Waals surface area contributed by atoms with Crippen molar-refractivity contribution >= 4 is 33.9 Å². The fourth-order valence-electron chi connectivity index (χ4n) is 4.07. The number of pyridine rings is 4. The molecule has 12 nitrogen and oxygen atoms in total. The van der Waals surface area contributed by atoms with E-state index in [4.69, 9.17) is 10.8 Å². The first kappa shape index (κ1) is 22.2. The number of urea groups is 1. The molecule has 0 aliphatic rings. The Morgan fingerprint density at radius 3 is 2.51 bits per heavy atom. The van der Waals surface area contributed by atoms with Gasteiger partial charge in [0.15, 0.2) is 17.1 Å². The topological polar surface area (TPSA) is 158 Å². The zero-order chi connectivity index (χ0) is 25.5. The van der Waals surface area contributed by atoms with Crippen molar-refractivity contribution in [2.24, 2.45) is 5.84 Å². The first-order valence-electron chi connectivity index (χ1n) is 11.3. The van der Waals surface area contributed by atoms with Crippen LogP contribution in [-0.4, -0.2) is 65.1 Å². The Labute approximate surface area is 210 Å². The highest BCUT2D eigenvalue weighted by Crippen LogP contribution is 2.32. The standard InChI is InChI=1S/C25H21N11O/c1-35(2)25(37)36(26)17-9-15(11-28-13-17)16-10-19-21(33-34-22(19)30-12-16)24-31-20-18(5-8-29-23(20)32-24)14-3-6-27-7-4-14/h3-13H,26H2,1-2H3,(H,29,31,32)(H,30,33,34). The van der Waals surface area contributed by atoms with Gasteiger partial charge in [0, 0.05) is 61.8 Å². The Bertz CT molecular complexity index is 1760. The number of hydrogen-bond acceptors (Lipinski definition) is 8. The molecule has 6 aromatic heterocycles. The van der Waals surface area contributed by atoms with Crippen molar-refractivity contribution in [3.8, 4) is 33.8 Å². The molecule has 6 heterocycles. The molecule has 12 heteroatoms. The van der Waals surface area contributed by atoms with Crippen molar-refractivity contribution in [2.45, 2.75) is 0 Å². The van der Waals surface area contributed by atoms with Crippen LogP contribution < -0.4 is 10.9 Å². The van der Waals surface area contributed by atoms with Crippen LogP contribution in [0.4, 0.5) is 10.5 Å². The summed E-state index contributed by atoms with van der Waals surface area (Å²) in [6, 6.07) is 9.14. The molecule has 37 heavy (non-hydrogen) atoms. The Kier molecular flexibility index (Phi) is 5.27. The minimum absolute atomic E-state index is 0.366. The number of aromatic amines is 2. The van der Waals surface area contributed by atoms with E-state index in [0.717, 1.165) is 38.2 Å². The van der Waals surface area contributed by atoms with Crippen molar-refractivity contribution < 1.29 is 4.79 Å². The Balaban J connectivity index is 1.42. The number of anilines is 1. The van der Waals surface area contributed by atoms with Gasteiger partial charge in [-0.25, -0.2) is 30.6 Å². The van der Waals surface area contributed by atoms with Crippen LogP contribution in [0.1, 0.15) is 0 Å². The predicted molar refractivity (Wildman–Crippen MR) is 139 cm³/mol. The number of imidazole rings is 1. The Morgan fingerprint density at radius 2 is 1.70 bits per heavy atom. The number of nitrogens with zero attached hydrogens (tertiary/aromatic N) is 8. The van der Waals surface area contributed by atoms with E-state index in [1.165, 1.54) is 11.1 Å². The largest absolute Gasteiger partial charge is 0.338 e. The molecule has 0 atom stereocenters. The molecule has 182 valence electrons. The van der Waals surface area contributed by atoms with Gasteiger partial charge in [-0.2, -0.15) is 5.10 Å². The first-order valence-corrected chi connectivity index (χ1v) is 11.3. The Hall–Kier alpha value is -5.23. The van der Waals surface area contributed by atoms with Gasteiger partial charge < -0.3 is 9.88 Å². The number of carbonyl (C=O) groups excluding carboxylic acids is 1. The summed E-state index contributed by atoms with van der Waals surface area (Å²) in [5, 5.41) is 9.26. The fourth-order valence-corrected chi connectivity index (χ4v) is 4.07.